The van der Waals surface area contributed by atoms with Crippen molar-refractivity contribution in [3.63, 3.8) is 0 Å². The standard InChI is InChI=1S/C13H15BrF2N2O/c1-8-4-10(14)3-2-9(8)6-17-12(19)11-5-13(15,16)7-18-11/h2-4,11,18H,5-7H2,1H3,(H,17,19). The maximum Gasteiger partial charge on any atom is 0.262 e. The molecule has 0 bridgehead atoms. The third-order valence-electron chi connectivity index (χ3n) is 3.18. The van der Waals surface area contributed by atoms with E-state index in [-0.39, 0.29) is 5.91 Å². The highest BCUT2D eigenvalue weighted by atomic mass is 79.9. The van der Waals surface area contributed by atoms with E-state index in [4.69, 9.17) is 0 Å². The summed E-state index contributed by atoms with van der Waals surface area (Å²) >= 11 is 3.36. The Labute approximate surface area is 118 Å². The van der Waals surface area contributed by atoms with E-state index < -0.39 is 24.9 Å². The third kappa shape index (κ3) is 3.73. The van der Waals surface area contributed by atoms with Gasteiger partial charge in [0.1, 0.15) is 0 Å². The van der Waals surface area contributed by atoms with Crippen LogP contribution in [0, 0.1) is 6.92 Å². The Hall–Kier alpha value is -1.01. The lowest BCUT2D eigenvalue weighted by Crippen LogP contribution is -2.40. The average molecular weight is 333 g/mol. The van der Waals surface area contributed by atoms with Crippen molar-refractivity contribution in [2.24, 2.45) is 0 Å². The number of benzene rings is 1. The zero-order valence-electron chi connectivity index (χ0n) is 10.5. The van der Waals surface area contributed by atoms with E-state index >= 15 is 0 Å². The molecule has 0 saturated carbocycles. The fourth-order valence-corrected chi connectivity index (χ4v) is 2.54. The minimum Gasteiger partial charge on any atom is -0.351 e. The molecule has 1 aromatic rings. The number of hydrogen-bond donors (Lipinski definition) is 2. The van der Waals surface area contributed by atoms with Crippen LogP contribution in [-0.2, 0) is 11.3 Å². The summed E-state index contributed by atoms with van der Waals surface area (Å²) in [7, 11) is 0. The summed E-state index contributed by atoms with van der Waals surface area (Å²) in [5.74, 6) is -3.16. The molecule has 1 unspecified atom stereocenters. The molecule has 19 heavy (non-hydrogen) atoms. The van der Waals surface area contributed by atoms with Crippen LogP contribution in [-0.4, -0.2) is 24.4 Å². The van der Waals surface area contributed by atoms with Crippen LogP contribution in [0.3, 0.4) is 0 Å². The quantitative estimate of drug-likeness (QED) is 0.892. The van der Waals surface area contributed by atoms with Gasteiger partial charge in [0.25, 0.3) is 5.92 Å². The minimum absolute atomic E-state index is 0.349. The van der Waals surface area contributed by atoms with Crippen molar-refractivity contribution in [1.29, 1.82) is 0 Å². The first kappa shape index (κ1) is 14.4. The van der Waals surface area contributed by atoms with E-state index in [1.54, 1.807) is 0 Å². The highest BCUT2D eigenvalue weighted by Gasteiger charge is 2.42. The summed E-state index contributed by atoms with van der Waals surface area (Å²) in [6.45, 7) is 1.86. The van der Waals surface area contributed by atoms with Gasteiger partial charge in [0, 0.05) is 17.4 Å². The van der Waals surface area contributed by atoms with Gasteiger partial charge in [-0.25, -0.2) is 8.78 Å². The molecule has 0 aromatic heterocycles. The molecule has 1 aromatic carbocycles. The van der Waals surface area contributed by atoms with Crippen LogP contribution in [0.5, 0.6) is 0 Å². The van der Waals surface area contributed by atoms with Gasteiger partial charge in [-0.3, -0.25) is 10.1 Å². The second-order valence-corrected chi connectivity index (χ2v) is 5.70. The summed E-state index contributed by atoms with van der Waals surface area (Å²) in [5, 5.41) is 5.23. The molecule has 1 saturated heterocycles. The van der Waals surface area contributed by atoms with Gasteiger partial charge in [0.05, 0.1) is 12.6 Å². The molecule has 0 spiro atoms. The Morgan fingerprint density at radius 1 is 1.58 bits per heavy atom. The van der Waals surface area contributed by atoms with Crippen LogP contribution in [0.15, 0.2) is 22.7 Å². The van der Waals surface area contributed by atoms with E-state index in [0.717, 1.165) is 15.6 Å². The number of carbonyl (C=O) groups excluding carboxylic acids is 1. The fraction of sp³-hybridized carbons (Fsp3) is 0.462. The van der Waals surface area contributed by atoms with Crippen molar-refractivity contribution in [3.8, 4) is 0 Å². The van der Waals surface area contributed by atoms with Crippen LogP contribution in [0.1, 0.15) is 17.5 Å². The molecule has 1 atom stereocenters. The molecular formula is C13H15BrF2N2O. The number of rotatable bonds is 3. The Balaban J connectivity index is 1.90. The Bertz CT molecular complexity index is 494. The van der Waals surface area contributed by atoms with Crippen molar-refractivity contribution in [2.75, 3.05) is 6.54 Å². The molecule has 0 radical (unpaired) electrons. The predicted molar refractivity (Wildman–Crippen MR) is 72.1 cm³/mol. The van der Waals surface area contributed by atoms with Gasteiger partial charge in [0.15, 0.2) is 0 Å². The summed E-state index contributed by atoms with van der Waals surface area (Å²) in [4.78, 5) is 11.8. The van der Waals surface area contributed by atoms with Crippen molar-refractivity contribution in [2.45, 2.75) is 31.9 Å². The van der Waals surface area contributed by atoms with Crippen LogP contribution in [0.4, 0.5) is 8.78 Å². The normalized spacial score (nSPS) is 21.4. The van der Waals surface area contributed by atoms with Crippen LogP contribution in [0.2, 0.25) is 0 Å². The zero-order valence-corrected chi connectivity index (χ0v) is 12.1. The number of hydrogen-bond acceptors (Lipinski definition) is 2. The lowest BCUT2D eigenvalue weighted by molar-refractivity contribution is -0.123. The lowest BCUT2D eigenvalue weighted by atomic mass is 10.1. The maximum absolute atomic E-state index is 13.0. The van der Waals surface area contributed by atoms with E-state index in [1.165, 1.54) is 0 Å². The first-order chi connectivity index (χ1) is 8.87. The number of nitrogens with one attached hydrogen (secondary N) is 2. The summed E-state index contributed by atoms with van der Waals surface area (Å²) in [6.07, 6.45) is -0.432. The van der Waals surface area contributed by atoms with Crippen LogP contribution >= 0.6 is 15.9 Å². The second kappa shape index (κ2) is 5.54. The van der Waals surface area contributed by atoms with Gasteiger partial charge >= 0.3 is 0 Å². The highest BCUT2D eigenvalue weighted by Crippen LogP contribution is 2.25. The third-order valence-corrected chi connectivity index (χ3v) is 3.68. The average Bonchev–Trinajstić information content (AvgIpc) is 2.68. The van der Waals surface area contributed by atoms with Crippen LogP contribution < -0.4 is 10.6 Å². The lowest BCUT2D eigenvalue weighted by Gasteiger charge is -2.12. The number of aryl methyl sites for hydroxylation is 1. The monoisotopic (exact) mass is 332 g/mol. The van der Waals surface area contributed by atoms with Crippen molar-refractivity contribution in [1.82, 2.24) is 10.6 Å². The predicted octanol–water partition coefficient (Wildman–Crippen LogP) is 2.37. The van der Waals surface area contributed by atoms with E-state index in [9.17, 15) is 13.6 Å². The highest BCUT2D eigenvalue weighted by molar-refractivity contribution is 9.10. The van der Waals surface area contributed by atoms with Crippen molar-refractivity contribution >= 4 is 21.8 Å². The van der Waals surface area contributed by atoms with E-state index in [2.05, 4.69) is 26.6 Å². The van der Waals surface area contributed by atoms with Gasteiger partial charge in [-0.1, -0.05) is 22.0 Å². The van der Waals surface area contributed by atoms with Crippen molar-refractivity contribution in [3.05, 3.63) is 33.8 Å². The zero-order chi connectivity index (χ0) is 14.0. The maximum atomic E-state index is 13.0. The smallest absolute Gasteiger partial charge is 0.262 e. The van der Waals surface area contributed by atoms with Gasteiger partial charge in [-0.2, -0.15) is 0 Å². The van der Waals surface area contributed by atoms with Crippen molar-refractivity contribution < 1.29 is 13.6 Å². The molecule has 0 aliphatic carbocycles. The largest absolute Gasteiger partial charge is 0.351 e. The van der Waals surface area contributed by atoms with Gasteiger partial charge in [0.2, 0.25) is 5.91 Å². The van der Waals surface area contributed by atoms with E-state index in [0.29, 0.717) is 6.54 Å². The molecule has 1 heterocycles. The summed E-state index contributed by atoms with van der Waals surface area (Å²) in [6, 6.07) is 4.93. The van der Waals surface area contributed by atoms with Gasteiger partial charge in [-0.15, -0.1) is 0 Å². The van der Waals surface area contributed by atoms with Crippen LogP contribution in [0.25, 0.3) is 0 Å². The topological polar surface area (TPSA) is 41.1 Å². The fourth-order valence-electron chi connectivity index (χ4n) is 2.06. The molecule has 1 aliphatic rings. The summed E-state index contributed by atoms with van der Waals surface area (Å²) in [5.41, 5.74) is 2.01. The number of halogens is 3. The Morgan fingerprint density at radius 3 is 2.89 bits per heavy atom. The first-order valence-electron chi connectivity index (χ1n) is 6.01. The number of amides is 1. The molecule has 3 nitrogen and oxygen atoms in total. The summed E-state index contributed by atoms with van der Waals surface area (Å²) < 4.78 is 26.9. The van der Waals surface area contributed by atoms with E-state index in [1.807, 2.05) is 25.1 Å². The number of alkyl halides is 2. The van der Waals surface area contributed by atoms with Gasteiger partial charge in [-0.05, 0) is 30.2 Å². The Kier molecular flexibility index (Phi) is 4.20. The minimum atomic E-state index is -2.78. The second-order valence-electron chi connectivity index (χ2n) is 4.78. The molecule has 1 amide bonds. The first-order valence-corrected chi connectivity index (χ1v) is 6.81. The molecule has 104 valence electrons. The van der Waals surface area contributed by atoms with Gasteiger partial charge < -0.3 is 5.32 Å². The molecule has 6 heteroatoms. The molecule has 1 aliphatic heterocycles. The molecule has 2 rings (SSSR count). The Morgan fingerprint density at radius 2 is 2.32 bits per heavy atom. The molecular weight excluding hydrogens is 318 g/mol. The SMILES string of the molecule is Cc1cc(Br)ccc1CNC(=O)C1CC(F)(F)CN1. The molecule has 2 N–H and O–H groups in total. The molecule has 1 fully saturated rings. The number of carbonyl (C=O) groups is 1.